The zero-order chi connectivity index (χ0) is 14.7. The van der Waals surface area contributed by atoms with Gasteiger partial charge in [0.25, 0.3) is 10.0 Å². The first-order chi connectivity index (χ1) is 10.1. The molecule has 3 rings (SSSR count). The van der Waals surface area contributed by atoms with Crippen LogP contribution in [0.3, 0.4) is 0 Å². The number of benzene rings is 2. The Morgan fingerprint density at radius 3 is 2.48 bits per heavy atom. The molecule has 0 aliphatic carbocycles. The van der Waals surface area contributed by atoms with Crippen LogP contribution in [0.5, 0.6) is 5.75 Å². The molecule has 1 atom stereocenters. The molecule has 1 aliphatic rings. The Bertz CT molecular complexity index is 711. The third-order valence-electron chi connectivity index (χ3n) is 2.99. The van der Waals surface area contributed by atoms with Crippen molar-refractivity contribution in [3.8, 4) is 5.75 Å². The SMILES string of the molecule is O=S(=O)(Nc1ccccc1)c1ccccc1OCC1CO1. The number of hydrogen-bond donors (Lipinski definition) is 1. The lowest BCUT2D eigenvalue weighted by Gasteiger charge is -2.12. The van der Waals surface area contributed by atoms with E-state index >= 15 is 0 Å². The largest absolute Gasteiger partial charge is 0.489 e. The van der Waals surface area contributed by atoms with Crippen molar-refractivity contribution in [1.82, 2.24) is 0 Å². The van der Waals surface area contributed by atoms with Gasteiger partial charge in [0, 0.05) is 5.69 Å². The Labute approximate surface area is 123 Å². The third kappa shape index (κ3) is 3.53. The highest BCUT2D eigenvalue weighted by Crippen LogP contribution is 2.26. The maximum Gasteiger partial charge on any atom is 0.265 e. The molecule has 0 amide bonds. The minimum Gasteiger partial charge on any atom is -0.489 e. The van der Waals surface area contributed by atoms with Gasteiger partial charge in [-0.1, -0.05) is 30.3 Å². The summed E-state index contributed by atoms with van der Waals surface area (Å²) < 4.78 is 38.1. The molecule has 1 unspecified atom stereocenters. The quantitative estimate of drug-likeness (QED) is 0.831. The molecule has 0 radical (unpaired) electrons. The van der Waals surface area contributed by atoms with Gasteiger partial charge in [-0.05, 0) is 24.3 Å². The summed E-state index contributed by atoms with van der Waals surface area (Å²) in [5, 5.41) is 0. The second-order valence-corrected chi connectivity index (χ2v) is 6.34. The molecule has 0 spiro atoms. The van der Waals surface area contributed by atoms with E-state index in [1.165, 1.54) is 6.07 Å². The molecule has 1 N–H and O–H groups in total. The predicted molar refractivity (Wildman–Crippen MR) is 78.9 cm³/mol. The van der Waals surface area contributed by atoms with Crippen molar-refractivity contribution in [1.29, 1.82) is 0 Å². The lowest BCUT2D eigenvalue weighted by Crippen LogP contribution is -2.15. The van der Waals surface area contributed by atoms with E-state index in [0.29, 0.717) is 24.7 Å². The van der Waals surface area contributed by atoms with Gasteiger partial charge < -0.3 is 9.47 Å². The summed E-state index contributed by atoms with van der Waals surface area (Å²) >= 11 is 0. The van der Waals surface area contributed by atoms with Crippen LogP contribution in [-0.4, -0.2) is 27.7 Å². The van der Waals surface area contributed by atoms with Gasteiger partial charge in [0.2, 0.25) is 0 Å². The van der Waals surface area contributed by atoms with Crippen LogP contribution >= 0.6 is 0 Å². The van der Waals surface area contributed by atoms with Gasteiger partial charge in [-0.15, -0.1) is 0 Å². The Morgan fingerprint density at radius 1 is 1.10 bits per heavy atom. The Kier molecular flexibility index (Phi) is 3.81. The van der Waals surface area contributed by atoms with Crippen molar-refractivity contribution in [2.24, 2.45) is 0 Å². The monoisotopic (exact) mass is 305 g/mol. The first-order valence-electron chi connectivity index (χ1n) is 6.56. The predicted octanol–water partition coefficient (Wildman–Crippen LogP) is 2.26. The van der Waals surface area contributed by atoms with Crippen LogP contribution in [0, 0.1) is 0 Å². The molecule has 110 valence electrons. The van der Waals surface area contributed by atoms with E-state index in [4.69, 9.17) is 9.47 Å². The van der Waals surface area contributed by atoms with Gasteiger partial charge >= 0.3 is 0 Å². The van der Waals surface area contributed by atoms with E-state index in [9.17, 15) is 8.42 Å². The number of nitrogens with one attached hydrogen (secondary N) is 1. The van der Waals surface area contributed by atoms with E-state index in [0.717, 1.165) is 0 Å². The molecule has 1 heterocycles. The maximum atomic E-state index is 12.5. The summed E-state index contributed by atoms with van der Waals surface area (Å²) in [7, 11) is -3.69. The average molecular weight is 305 g/mol. The topological polar surface area (TPSA) is 67.9 Å². The normalized spacial score (nSPS) is 17.2. The fourth-order valence-electron chi connectivity index (χ4n) is 1.85. The average Bonchev–Trinajstić information content (AvgIpc) is 3.30. The Hall–Kier alpha value is -2.05. The highest BCUT2D eigenvalue weighted by Gasteiger charge is 2.25. The summed E-state index contributed by atoms with van der Waals surface area (Å²) in [6.07, 6.45) is 0.0721. The second kappa shape index (κ2) is 5.75. The molecular formula is C15H15NO4S. The summed E-state index contributed by atoms with van der Waals surface area (Å²) in [6, 6.07) is 15.3. The van der Waals surface area contributed by atoms with Crippen LogP contribution < -0.4 is 9.46 Å². The molecule has 5 nitrogen and oxygen atoms in total. The zero-order valence-electron chi connectivity index (χ0n) is 11.2. The van der Waals surface area contributed by atoms with Crippen LogP contribution in [0.15, 0.2) is 59.5 Å². The molecule has 2 aromatic carbocycles. The van der Waals surface area contributed by atoms with Gasteiger partial charge in [-0.3, -0.25) is 4.72 Å². The minimum atomic E-state index is -3.69. The number of rotatable bonds is 6. The number of sulfonamides is 1. The molecule has 0 aromatic heterocycles. The van der Waals surface area contributed by atoms with Crippen molar-refractivity contribution in [3.63, 3.8) is 0 Å². The number of ether oxygens (including phenoxy) is 2. The molecule has 0 saturated carbocycles. The third-order valence-corrected chi connectivity index (χ3v) is 4.41. The van der Waals surface area contributed by atoms with E-state index in [1.807, 2.05) is 6.07 Å². The van der Waals surface area contributed by atoms with Crippen molar-refractivity contribution in [2.75, 3.05) is 17.9 Å². The standard InChI is InChI=1S/C15H15NO4S/c17-21(18,16-12-6-2-1-3-7-12)15-9-5-4-8-14(15)20-11-13-10-19-13/h1-9,13,16H,10-11H2. The molecule has 0 bridgehead atoms. The second-order valence-electron chi connectivity index (χ2n) is 4.68. The smallest absolute Gasteiger partial charge is 0.265 e. The van der Waals surface area contributed by atoms with Crippen molar-refractivity contribution < 1.29 is 17.9 Å². The first kappa shape index (κ1) is 13.9. The summed E-state index contributed by atoms with van der Waals surface area (Å²) in [5.41, 5.74) is 0.512. The van der Waals surface area contributed by atoms with E-state index < -0.39 is 10.0 Å². The van der Waals surface area contributed by atoms with E-state index in [1.54, 1.807) is 42.5 Å². The number of hydrogen-bond acceptors (Lipinski definition) is 4. The molecular weight excluding hydrogens is 290 g/mol. The summed E-state index contributed by atoms with van der Waals surface area (Å²) in [4.78, 5) is 0.120. The highest BCUT2D eigenvalue weighted by molar-refractivity contribution is 7.92. The Balaban J connectivity index is 1.83. The van der Waals surface area contributed by atoms with Gasteiger partial charge in [0.15, 0.2) is 0 Å². The van der Waals surface area contributed by atoms with Crippen LogP contribution in [-0.2, 0) is 14.8 Å². The van der Waals surface area contributed by atoms with E-state index in [-0.39, 0.29) is 11.0 Å². The number of epoxide rings is 1. The summed E-state index contributed by atoms with van der Waals surface area (Å²) in [5.74, 6) is 0.330. The molecule has 21 heavy (non-hydrogen) atoms. The van der Waals surface area contributed by atoms with Gasteiger partial charge in [0.1, 0.15) is 23.4 Å². The number of para-hydroxylation sites is 2. The minimum absolute atomic E-state index is 0.0721. The summed E-state index contributed by atoms with van der Waals surface area (Å²) in [6.45, 7) is 1.02. The van der Waals surface area contributed by atoms with Gasteiger partial charge in [-0.2, -0.15) is 0 Å². The molecule has 1 saturated heterocycles. The molecule has 6 heteroatoms. The molecule has 1 fully saturated rings. The molecule has 2 aromatic rings. The Morgan fingerprint density at radius 2 is 1.76 bits per heavy atom. The number of anilines is 1. The maximum absolute atomic E-state index is 12.5. The van der Waals surface area contributed by atoms with Crippen LogP contribution in [0.4, 0.5) is 5.69 Å². The first-order valence-corrected chi connectivity index (χ1v) is 8.05. The van der Waals surface area contributed by atoms with Crippen molar-refractivity contribution >= 4 is 15.7 Å². The zero-order valence-corrected chi connectivity index (χ0v) is 12.0. The van der Waals surface area contributed by atoms with Crippen LogP contribution in [0.1, 0.15) is 0 Å². The molecule has 1 aliphatic heterocycles. The lowest BCUT2D eigenvalue weighted by molar-refractivity contribution is 0.258. The highest BCUT2D eigenvalue weighted by atomic mass is 32.2. The van der Waals surface area contributed by atoms with Crippen molar-refractivity contribution in [3.05, 3.63) is 54.6 Å². The lowest BCUT2D eigenvalue weighted by atomic mass is 10.3. The van der Waals surface area contributed by atoms with Gasteiger partial charge in [0.05, 0.1) is 6.61 Å². The fraction of sp³-hybridized carbons (Fsp3) is 0.200. The van der Waals surface area contributed by atoms with Crippen LogP contribution in [0.2, 0.25) is 0 Å². The fourth-order valence-corrected chi connectivity index (χ4v) is 3.06. The van der Waals surface area contributed by atoms with Gasteiger partial charge in [-0.25, -0.2) is 8.42 Å². The van der Waals surface area contributed by atoms with E-state index in [2.05, 4.69) is 4.72 Å². The van der Waals surface area contributed by atoms with Crippen LogP contribution in [0.25, 0.3) is 0 Å². The van der Waals surface area contributed by atoms with Crippen molar-refractivity contribution in [2.45, 2.75) is 11.0 Å².